The number of nitrogens with one attached hydrogen (secondary N) is 1. The molecular formula is C19H24ClN5O3. The van der Waals surface area contributed by atoms with Crippen molar-refractivity contribution in [2.45, 2.75) is 25.8 Å². The molecule has 1 aromatic rings. The summed E-state index contributed by atoms with van der Waals surface area (Å²) in [5, 5.41) is 21.1. The number of carbonyl (C=O) groups is 2. The number of anilines is 1. The summed E-state index contributed by atoms with van der Waals surface area (Å²) in [5.41, 5.74) is 1.78. The summed E-state index contributed by atoms with van der Waals surface area (Å²) < 4.78 is 0. The van der Waals surface area contributed by atoms with Gasteiger partial charge in [-0.05, 0) is 37.5 Å². The Morgan fingerprint density at radius 3 is 2.86 bits per heavy atom. The molecule has 1 aromatic carbocycles. The predicted molar refractivity (Wildman–Crippen MR) is 105 cm³/mol. The van der Waals surface area contributed by atoms with E-state index in [4.69, 9.17) is 22.0 Å². The van der Waals surface area contributed by atoms with E-state index in [1.54, 1.807) is 33.8 Å². The van der Waals surface area contributed by atoms with E-state index in [9.17, 15) is 9.59 Å². The largest absolute Gasteiger partial charge is 0.396 e. The lowest BCUT2D eigenvalue weighted by Gasteiger charge is -2.36. The SMILES string of the molecule is Cc1c(N2CC3CN(C(=O)NCCCCO)CCN3C2=O)ccc(C#N)c1Cl. The van der Waals surface area contributed by atoms with Crippen LogP contribution in [0.15, 0.2) is 12.1 Å². The maximum Gasteiger partial charge on any atom is 0.325 e. The zero-order valence-corrected chi connectivity index (χ0v) is 16.6. The standard InChI is InChI=1S/C19H24ClN5O3/c1-13-16(5-4-14(10-21)17(13)20)25-12-15-11-23(7-8-24(15)19(25)28)18(27)22-6-2-3-9-26/h4-5,15,26H,2-3,6-9,11-12H2,1H3,(H,22,27). The van der Waals surface area contributed by atoms with Crippen LogP contribution < -0.4 is 10.2 Å². The van der Waals surface area contributed by atoms with Gasteiger partial charge in [-0.1, -0.05) is 11.6 Å². The van der Waals surface area contributed by atoms with Crippen LogP contribution in [0.3, 0.4) is 0 Å². The number of rotatable bonds is 5. The fourth-order valence-corrected chi connectivity index (χ4v) is 3.89. The van der Waals surface area contributed by atoms with Crippen molar-refractivity contribution < 1.29 is 14.7 Å². The van der Waals surface area contributed by atoms with E-state index in [2.05, 4.69) is 5.32 Å². The molecule has 3 rings (SSSR count). The van der Waals surface area contributed by atoms with E-state index in [0.717, 1.165) is 6.42 Å². The molecule has 8 nitrogen and oxygen atoms in total. The Morgan fingerprint density at radius 2 is 2.14 bits per heavy atom. The maximum absolute atomic E-state index is 12.9. The van der Waals surface area contributed by atoms with Crippen molar-refractivity contribution in [3.05, 3.63) is 28.3 Å². The lowest BCUT2D eigenvalue weighted by atomic mass is 10.1. The number of amides is 4. The third-order valence-corrected chi connectivity index (χ3v) is 5.76. The molecule has 1 unspecified atom stereocenters. The molecule has 2 saturated heterocycles. The van der Waals surface area contributed by atoms with E-state index in [1.165, 1.54) is 0 Å². The highest BCUT2D eigenvalue weighted by Crippen LogP contribution is 2.33. The molecule has 0 aliphatic carbocycles. The Balaban J connectivity index is 1.67. The molecule has 28 heavy (non-hydrogen) atoms. The van der Waals surface area contributed by atoms with Crippen LogP contribution in [0.5, 0.6) is 0 Å². The summed E-state index contributed by atoms with van der Waals surface area (Å²) in [6.07, 6.45) is 1.39. The topological polar surface area (TPSA) is 99.9 Å². The van der Waals surface area contributed by atoms with E-state index < -0.39 is 0 Å². The Bertz CT molecular complexity index is 809. The van der Waals surface area contributed by atoms with Crippen molar-refractivity contribution in [3.63, 3.8) is 0 Å². The fraction of sp³-hybridized carbons (Fsp3) is 0.526. The van der Waals surface area contributed by atoms with Gasteiger partial charge >= 0.3 is 12.1 Å². The number of fused-ring (bicyclic) bond motifs is 1. The third-order valence-electron chi connectivity index (χ3n) is 5.27. The highest BCUT2D eigenvalue weighted by atomic mass is 35.5. The minimum absolute atomic E-state index is 0.0849. The van der Waals surface area contributed by atoms with Crippen LogP contribution >= 0.6 is 11.6 Å². The Kier molecular flexibility index (Phi) is 6.27. The van der Waals surface area contributed by atoms with Crippen molar-refractivity contribution in [1.29, 1.82) is 5.26 Å². The summed E-state index contributed by atoms with van der Waals surface area (Å²) in [4.78, 5) is 30.4. The smallest absolute Gasteiger partial charge is 0.325 e. The van der Waals surface area contributed by atoms with Gasteiger partial charge in [0.15, 0.2) is 0 Å². The van der Waals surface area contributed by atoms with Crippen molar-refractivity contribution in [3.8, 4) is 6.07 Å². The highest BCUT2D eigenvalue weighted by Gasteiger charge is 2.42. The molecule has 0 radical (unpaired) electrons. The number of aliphatic hydroxyl groups excluding tert-OH is 1. The third kappa shape index (κ3) is 3.86. The van der Waals surface area contributed by atoms with Crippen LogP contribution in [0, 0.1) is 18.3 Å². The second kappa shape index (κ2) is 8.67. The molecule has 2 aliphatic heterocycles. The van der Waals surface area contributed by atoms with E-state index in [-0.39, 0.29) is 24.7 Å². The fourth-order valence-electron chi connectivity index (χ4n) is 3.69. The average molecular weight is 406 g/mol. The number of halogens is 1. The number of piperazine rings is 1. The minimum atomic E-state index is -0.138. The number of nitrogens with zero attached hydrogens (tertiary/aromatic N) is 4. The lowest BCUT2D eigenvalue weighted by molar-refractivity contribution is 0.129. The monoisotopic (exact) mass is 405 g/mol. The van der Waals surface area contributed by atoms with Crippen molar-refractivity contribution in [2.75, 3.05) is 44.2 Å². The van der Waals surface area contributed by atoms with Gasteiger partial charge in [0.1, 0.15) is 6.07 Å². The number of nitriles is 1. The van der Waals surface area contributed by atoms with Crippen LogP contribution in [0.2, 0.25) is 5.02 Å². The van der Waals surface area contributed by atoms with Gasteiger partial charge in [0.25, 0.3) is 0 Å². The molecule has 4 amide bonds. The summed E-state index contributed by atoms with van der Waals surface area (Å²) in [5.74, 6) is 0. The molecule has 2 heterocycles. The molecule has 0 bridgehead atoms. The summed E-state index contributed by atoms with van der Waals surface area (Å²) in [7, 11) is 0. The molecule has 0 spiro atoms. The number of carbonyl (C=O) groups excluding carboxylic acids is 2. The predicted octanol–water partition coefficient (Wildman–Crippen LogP) is 1.93. The number of hydrogen-bond acceptors (Lipinski definition) is 4. The summed E-state index contributed by atoms with van der Waals surface area (Å²) >= 11 is 6.26. The normalized spacial score (nSPS) is 18.9. The number of aliphatic hydroxyl groups is 1. The molecule has 2 aliphatic rings. The molecule has 2 fully saturated rings. The van der Waals surface area contributed by atoms with Gasteiger partial charge in [-0.15, -0.1) is 0 Å². The molecule has 150 valence electrons. The Morgan fingerprint density at radius 1 is 1.36 bits per heavy atom. The lowest BCUT2D eigenvalue weighted by Crippen LogP contribution is -2.56. The first-order valence-electron chi connectivity index (χ1n) is 9.39. The molecule has 2 N–H and O–H groups in total. The van der Waals surface area contributed by atoms with E-state index >= 15 is 0 Å². The van der Waals surface area contributed by atoms with E-state index in [0.29, 0.717) is 61.0 Å². The maximum atomic E-state index is 12.9. The second-order valence-electron chi connectivity index (χ2n) is 7.03. The average Bonchev–Trinajstić information content (AvgIpc) is 3.03. The zero-order chi connectivity index (χ0) is 20.3. The number of hydrogen-bond donors (Lipinski definition) is 2. The zero-order valence-electron chi connectivity index (χ0n) is 15.8. The highest BCUT2D eigenvalue weighted by molar-refractivity contribution is 6.33. The molecular weight excluding hydrogens is 382 g/mol. The first-order chi connectivity index (χ1) is 13.5. The van der Waals surface area contributed by atoms with Crippen LogP contribution in [0.1, 0.15) is 24.0 Å². The molecule has 1 atom stereocenters. The van der Waals surface area contributed by atoms with Gasteiger partial charge in [-0.25, -0.2) is 9.59 Å². The van der Waals surface area contributed by atoms with Crippen LogP contribution in [0.4, 0.5) is 15.3 Å². The number of unbranched alkanes of at least 4 members (excludes halogenated alkanes) is 1. The Labute approximate surface area is 169 Å². The molecule has 0 saturated carbocycles. The molecule has 9 heteroatoms. The van der Waals surface area contributed by atoms with Crippen LogP contribution in [-0.4, -0.2) is 72.3 Å². The Hall–Kier alpha value is -2.50. The van der Waals surface area contributed by atoms with Gasteiger partial charge in [0, 0.05) is 45.0 Å². The quantitative estimate of drug-likeness (QED) is 0.731. The second-order valence-corrected chi connectivity index (χ2v) is 7.41. The molecule has 0 aromatic heterocycles. The number of benzene rings is 1. The van der Waals surface area contributed by atoms with Crippen molar-refractivity contribution in [1.82, 2.24) is 15.1 Å². The van der Waals surface area contributed by atoms with Crippen LogP contribution in [-0.2, 0) is 0 Å². The van der Waals surface area contributed by atoms with Gasteiger partial charge in [0.2, 0.25) is 0 Å². The first kappa shape index (κ1) is 20.2. The summed E-state index contributed by atoms with van der Waals surface area (Å²) in [6, 6.07) is 5.10. The van der Waals surface area contributed by atoms with Crippen LogP contribution in [0.25, 0.3) is 0 Å². The summed E-state index contributed by atoms with van der Waals surface area (Å²) in [6.45, 7) is 4.34. The van der Waals surface area contributed by atoms with Crippen molar-refractivity contribution >= 4 is 29.4 Å². The van der Waals surface area contributed by atoms with E-state index in [1.807, 2.05) is 6.07 Å². The van der Waals surface area contributed by atoms with Crippen molar-refractivity contribution in [2.24, 2.45) is 0 Å². The minimum Gasteiger partial charge on any atom is -0.396 e. The van der Waals surface area contributed by atoms with Gasteiger partial charge < -0.3 is 20.2 Å². The van der Waals surface area contributed by atoms with Gasteiger partial charge in [0.05, 0.1) is 16.6 Å². The van der Waals surface area contributed by atoms with Gasteiger partial charge in [-0.3, -0.25) is 4.90 Å². The van der Waals surface area contributed by atoms with Gasteiger partial charge in [-0.2, -0.15) is 5.26 Å². The first-order valence-corrected chi connectivity index (χ1v) is 9.76. The number of urea groups is 2.